The van der Waals surface area contributed by atoms with Gasteiger partial charge in [-0.1, -0.05) is 24.3 Å². The molecular formula is C26H29N7S. The summed E-state index contributed by atoms with van der Waals surface area (Å²) in [6.45, 7) is 8.60. The van der Waals surface area contributed by atoms with Crippen LogP contribution < -0.4 is 16.0 Å². The number of hydrogen-bond donors (Lipinski definition) is 4. The number of nitrogens with zero attached hydrogens (tertiary/aromatic N) is 3. The van der Waals surface area contributed by atoms with Gasteiger partial charge in [0.2, 0.25) is 11.9 Å². The minimum Gasteiger partial charge on any atom is -0.361 e. The van der Waals surface area contributed by atoms with Crippen molar-refractivity contribution >= 4 is 45.8 Å². The van der Waals surface area contributed by atoms with Gasteiger partial charge in [0.25, 0.3) is 0 Å². The van der Waals surface area contributed by atoms with Crippen LogP contribution in [0.15, 0.2) is 59.7 Å². The minimum atomic E-state index is 0.436. The highest BCUT2D eigenvalue weighted by molar-refractivity contribution is 7.80. The number of thiocarbonyl (C=S) groups is 1. The van der Waals surface area contributed by atoms with Gasteiger partial charge in [-0.2, -0.15) is 0 Å². The molecule has 0 spiro atoms. The molecule has 2 heterocycles. The van der Waals surface area contributed by atoms with Gasteiger partial charge in [-0.05, 0) is 87.3 Å². The lowest BCUT2D eigenvalue weighted by molar-refractivity contribution is 0.963. The van der Waals surface area contributed by atoms with Crippen molar-refractivity contribution in [1.82, 2.24) is 20.3 Å². The van der Waals surface area contributed by atoms with Crippen LogP contribution >= 0.6 is 12.2 Å². The molecule has 0 fully saturated rings. The Morgan fingerprint density at radius 3 is 2.47 bits per heavy atom. The molecule has 7 nitrogen and oxygen atoms in total. The van der Waals surface area contributed by atoms with Crippen LogP contribution in [0, 0.1) is 27.7 Å². The highest BCUT2D eigenvalue weighted by atomic mass is 32.1. The Morgan fingerprint density at radius 1 is 0.941 bits per heavy atom. The summed E-state index contributed by atoms with van der Waals surface area (Å²) >= 11 is 5.56. The topological polar surface area (TPSA) is 90.0 Å². The lowest BCUT2D eigenvalue weighted by atomic mass is 10.1. The second-order valence-corrected chi connectivity index (χ2v) is 8.73. The van der Waals surface area contributed by atoms with E-state index in [9.17, 15) is 0 Å². The van der Waals surface area contributed by atoms with E-state index in [1.54, 1.807) is 0 Å². The van der Waals surface area contributed by atoms with Gasteiger partial charge < -0.3 is 15.6 Å². The van der Waals surface area contributed by atoms with E-state index >= 15 is 0 Å². The Morgan fingerprint density at radius 2 is 1.71 bits per heavy atom. The third kappa shape index (κ3) is 5.96. The molecule has 2 aromatic carbocycles. The van der Waals surface area contributed by atoms with Gasteiger partial charge in [0.05, 0.1) is 0 Å². The first-order chi connectivity index (χ1) is 16.4. The minimum absolute atomic E-state index is 0.436. The largest absolute Gasteiger partial charge is 0.361 e. The number of hydrogen-bond acceptors (Lipinski definition) is 4. The van der Waals surface area contributed by atoms with Crippen LogP contribution in [0.3, 0.4) is 0 Å². The Bertz CT molecular complexity index is 1340. The summed E-state index contributed by atoms with van der Waals surface area (Å²) in [4.78, 5) is 17.0. The summed E-state index contributed by atoms with van der Waals surface area (Å²) in [7, 11) is 0. The Balaban J connectivity index is 1.50. The smallest absolute Gasteiger partial charge is 0.229 e. The van der Waals surface area contributed by atoms with Crippen LogP contribution in [-0.2, 0) is 6.42 Å². The van der Waals surface area contributed by atoms with E-state index in [-0.39, 0.29) is 0 Å². The molecule has 0 saturated heterocycles. The van der Waals surface area contributed by atoms with E-state index in [2.05, 4.69) is 69.0 Å². The van der Waals surface area contributed by atoms with Crippen molar-refractivity contribution in [1.29, 1.82) is 0 Å². The van der Waals surface area contributed by atoms with Gasteiger partial charge in [0.15, 0.2) is 5.11 Å². The molecule has 0 aliphatic carbocycles. The van der Waals surface area contributed by atoms with Gasteiger partial charge in [-0.15, -0.1) is 0 Å². The Labute approximate surface area is 205 Å². The number of aromatic nitrogens is 3. The van der Waals surface area contributed by atoms with Gasteiger partial charge in [0, 0.05) is 40.7 Å². The van der Waals surface area contributed by atoms with E-state index in [1.807, 2.05) is 44.3 Å². The molecule has 4 N–H and O–H groups in total. The predicted molar refractivity (Wildman–Crippen MR) is 145 cm³/mol. The SMILES string of the molecule is Cc1cc(C)nc(NC(=NCCc2c[nH]c3ccccc23)NC(=S)Nc2ccc(C)c(C)c2)n1. The van der Waals surface area contributed by atoms with Crippen molar-refractivity contribution in [3.8, 4) is 0 Å². The number of aliphatic imine (C=N–C) groups is 1. The van der Waals surface area contributed by atoms with Crippen LogP contribution in [0.5, 0.6) is 0 Å². The summed E-state index contributed by atoms with van der Waals surface area (Å²) in [5.74, 6) is 0.969. The van der Waals surface area contributed by atoms with Gasteiger partial charge in [0.1, 0.15) is 0 Å². The van der Waals surface area contributed by atoms with Gasteiger partial charge >= 0.3 is 0 Å². The van der Waals surface area contributed by atoms with Crippen molar-refractivity contribution in [2.24, 2.45) is 4.99 Å². The standard InChI is InChI=1S/C26H29N7S/c1-16-9-10-21(13-17(16)2)31-26(34)33-24(32-25-29-18(3)14-19(4)30-25)27-12-11-20-15-28-23-8-6-5-7-22(20)23/h5-10,13-15,28H,11-12H2,1-4H3,(H3,27,29,30,31,32,33,34). The van der Waals surface area contributed by atoms with Crippen molar-refractivity contribution in [2.75, 3.05) is 17.2 Å². The third-order valence-electron chi connectivity index (χ3n) is 5.54. The van der Waals surface area contributed by atoms with Crippen molar-refractivity contribution in [3.63, 3.8) is 0 Å². The fourth-order valence-electron chi connectivity index (χ4n) is 3.71. The molecule has 0 aliphatic heterocycles. The maximum absolute atomic E-state index is 5.56. The molecule has 0 bridgehead atoms. The zero-order chi connectivity index (χ0) is 24.1. The van der Waals surface area contributed by atoms with Crippen LogP contribution in [0.25, 0.3) is 10.9 Å². The number of nitrogens with one attached hydrogen (secondary N) is 4. The summed E-state index contributed by atoms with van der Waals surface area (Å²) < 4.78 is 0. The number of benzene rings is 2. The van der Waals surface area contributed by atoms with Gasteiger partial charge in [-0.3, -0.25) is 10.3 Å². The number of H-pyrrole nitrogens is 1. The summed E-state index contributed by atoms with van der Waals surface area (Å²) in [6.07, 6.45) is 2.82. The highest BCUT2D eigenvalue weighted by Crippen LogP contribution is 2.18. The molecule has 8 heteroatoms. The average Bonchev–Trinajstić information content (AvgIpc) is 3.19. The predicted octanol–water partition coefficient (Wildman–Crippen LogP) is 5.19. The van der Waals surface area contributed by atoms with E-state index in [0.29, 0.717) is 23.6 Å². The molecule has 4 rings (SSSR count). The maximum atomic E-state index is 5.56. The van der Waals surface area contributed by atoms with E-state index in [4.69, 9.17) is 17.2 Å². The van der Waals surface area contributed by atoms with Crippen LogP contribution in [0.1, 0.15) is 28.1 Å². The highest BCUT2D eigenvalue weighted by Gasteiger charge is 2.09. The number of aromatic amines is 1. The third-order valence-corrected chi connectivity index (χ3v) is 5.74. The molecule has 0 radical (unpaired) electrons. The molecule has 0 saturated carbocycles. The first-order valence-electron chi connectivity index (χ1n) is 11.2. The molecule has 2 aromatic heterocycles. The van der Waals surface area contributed by atoms with E-state index < -0.39 is 0 Å². The summed E-state index contributed by atoms with van der Waals surface area (Å²) in [6, 6.07) is 16.3. The molecule has 0 atom stereocenters. The number of anilines is 2. The summed E-state index contributed by atoms with van der Waals surface area (Å²) in [5, 5.41) is 11.3. The molecule has 0 unspecified atom stereocenters. The molecular weight excluding hydrogens is 442 g/mol. The number of guanidine groups is 1. The number of rotatable bonds is 5. The van der Waals surface area contributed by atoms with Crippen molar-refractivity contribution < 1.29 is 0 Å². The van der Waals surface area contributed by atoms with Crippen LogP contribution in [0.4, 0.5) is 11.6 Å². The average molecular weight is 472 g/mol. The molecule has 0 amide bonds. The Hall–Kier alpha value is -3.78. The second-order valence-electron chi connectivity index (χ2n) is 8.32. The van der Waals surface area contributed by atoms with Crippen molar-refractivity contribution in [2.45, 2.75) is 34.1 Å². The van der Waals surface area contributed by atoms with Gasteiger partial charge in [-0.25, -0.2) is 9.97 Å². The first kappa shape index (κ1) is 23.4. The molecule has 4 aromatic rings. The molecule has 174 valence electrons. The quantitative estimate of drug-likeness (QED) is 0.182. The van der Waals surface area contributed by atoms with E-state index in [1.165, 1.54) is 22.1 Å². The Kier molecular flexibility index (Phi) is 7.18. The molecule has 34 heavy (non-hydrogen) atoms. The number of aryl methyl sites for hydroxylation is 4. The molecule has 0 aliphatic rings. The second kappa shape index (κ2) is 10.4. The zero-order valence-electron chi connectivity index (χ0n) is 19.9. The lowest BCUT2D eigenvalue weighted by Crippen LogP contribution is -2.39. The zero-order valence-corrected chi connectivity index (χ0v) is 20.7. The first-order valence-corrected chi connectivity index (χ1v) is 11.6. The van der Waals surface area contributed by atoms with Crippen LogP contribution in [0.2, 0.25) is 0 Å². The number of para-hydroxylation sites is 1. The fourth-order valence-corrected chi connectivity index (χ4v) is 3.93. The summed E-state index contributed by atoms with van der Waals surface area (Å²) in [5.41, 5.74) is 7.45. The van der Waals surface area contributed by atoms with E-state index in [0.717, 1.165) is 29.0 Å². The fraction of sp³-hybridized carbons (Fsp3) is 0.231. The lowest BCUT2D eigenvalue weighted by Gasteiger charge is -2.15. The monoisotopic (exact) mass is 471 g/mol. The van der Waals surface area contributed by atoms with Crippen molar-refractivity contribution in [3.05, 3.63) is 82.8 Å². The normalized spacial score (nSPS) is 11.5. The maximum Gasteiger partial charge on any atom is 0.229 e. The number of fused-ring (bicyclic) bond motifs is 1. The van der Waals surface area contributed by atoms with Crippen LogP contribution in [-0.4, -0.2) is 32.6 Å².